The third kappa shape index (κ3) is 7.87. The summed E-state index contributed by atoms with van der Waals surface area (Å²) in [6, 6.07) is 16.3. The van der Waals surface area contributed by atoms with Crippen LogP contribution in [0.2, 0.25) is 0 Å². The molecule has 0 spiro atoms. The normalized spacial score (nSPS) is 19.4. The average molecular weight is 760 g/mol. The molecule has 3 aromatic heterocycles. The topological polar surface area (TPSA) is 151 Å². The highest BCUT2D eigenvalue weighted by Gasteiger charge is 2.44. The molecule has 1 saturated carbocycles. The first-order chi connectivity index (χ1) is 27.3. The van der Waals surface area contributed by atoms with Crippen LogP contribution in [0.25, 0.3) is 32.9 Å². The van der Waals surface area contributed by atoms with Crippen molar-refractivity contribution in [3.8, 4) is 22.8 Å². The first-order valence-corrected chi connectivity index (χ1v) is 19.5. The SMILES string of the molecule is Cn1c2ccncc2c2ccc(-c3ccc(O[C@H]4C[C@H](OCCCCOCCCCCOc5ccc6c(c5)C(=O)N(C5CCC(=O)NC5=O)C6=O)C4)nc3)cc21. The van der Waals surface area contributed by atoms with Crippen LogP contribution in [-0.4, -0.2) is 87.7 Å². The maximum absolute atomic E-state index is 13.0. The molecule has 1 N–H and O–H groups in total. The van der Waals surface area contributed by atoms with Gasteiger partial charge in [-0.2, -0.15) is 0 Å². The summed E-state index contributed by atoms with van der Waals surface area (Å²) in [7, 11) is 2.08. The van der Waals surface area contributed by atoms with Gasteiger partial charge in [-0.25, -0.2) is 4.98 Å². The summed E-state index contributed by atoms with van der Waals surface area (Å²) in [5.41, 5.74) is 4.93. The molecule has 1 aliphatic carbocycles. The van der Waals surface area contributed by atoms with E-state index < -0.39 is 29.7 Å². The smallest absolute Gasteiger partial charge is 0.262 e. The molecule has 0 bridgehead atoms. The van der Waals surface area contributed by atoms with Crippen LogP contribution in [0, 0.1) is 0 Å². The van der Waals surface area contributed by atoms with Gasteiger partial charge in [-0.1, -0.05) is 12.1 Å². The number of benzene rings is 2. The van der Waals surface area contributed by atoms with E-state index in [0.717, 1.165) is 77.4 Å². The molecule has 1 saturated heterocycles. The number of rotatable bonds is 17. The number of imide groups is 2. The Balaban J connectivity index is 0.652. The first-order valence-electron chi connectivity index (χ1n) is 19.5. The van der Waals surface area contributed by atoms with Crippen molar-refractivity contribution in [2.45, 2.75) is 76.0 Å². The summed E-state index contributed by atoms with van der Waals surface area (Å²) in [6.07, 6.45) is 12.4. The van der Waals surface area contributed by atoms with E-state index in [2.05, 4.69) is 51.2 Å². The van der Waals surface area contributed by atoms with E-state index in [1.54, 1.807) is 18.2 Å². The second-order valence-electron chi connectivity index (χ2n) is 14.7. The minimum atomic E-state index is -0.986. The molecule has 3 aliphatic rings. The van der Waals surface area contributed by atoms with Gasteiger partial charge in [-0.3, -0.25) is 34.4 Å². The molecular weight excluding hydrogens is 714 g/mol. The van der Waals surface area contributed by atoms with Crippen molar-refractivity contribution in [1.82, 2.24) is 24.8 Å². The van der Waals surface area contributed by atoms with Crippen molar-refractivity contribution in [1.29, 1.82) is 0 Å². The molecule has 2 fully saturated rings. The summed E-state index contributed by atoms with van der Waals surface area (Å²) in [6.45, 7) is 2.55. The van der Waals surface area contributed by atoms with Crippen molar-refractivity contribution in [2.24, 2.45) is 7.05 Å². The van der Waals surface area contributed by atoms with Gasteiger partial charge in [-0.15, -0.1) is 0 Å². The van der Waals surface area contributed by atoms with Crippen molar-refractivity contribution >= 4 is 45.4 Å². The van der Waals surface area contributed by atoms with Crippen molar-refractivity contribution in [3.05, 3.63) is 84.3 Å². The molecule has 5 aromatic rings. The quantitative estimate of drug-likeness (QED) is 0.0862. The minimum absolute atomic E-state index is 0.0819. The van der Waals surface area contributed by atoms with Gasteiger partial charge in [0.2, 0.25) is 17.7 Å². The summed E-state index contributed by atoms with van der Waals surface area (Å²) in [4.78, 5) is 59.5. The van der Waals surface area contributed by atoms with Crippen LogP contribution >= 0.6 is 0 Å². The van der Waals surface area contributed by atoms with Gasteiger partial charge in [0, 0.05) is 92.6 Å². The molecule has 5 heterocycles. The highest BCUT2D eigenvalue weighted by atomic mass is 16.5. The van der Waals surface area contributed by atoms with Gasteiger partial charge >= 0.3 is 0 Å². The summed E-state index contributed by atoms with van der Waals surface area (Å²) in [5.74, 6) is -0.977. The number of piperidine rings is 1. The maximum atomic E-state index is 13.0. The van der Waals surface area contributed by atoms with Gasteiger partial charge in [0.25, 0.3) is 11.8 Å². The summed E-state index contributed by atoms with van der Waals surface area (Å²) >= 11 is 0. The zero-order valence-corrected chi connectivity index (χ0v) is 31.4. The number of carbonyl (C=O) groups excluding carboxylic acids is 4. The number of carbonyl (C=O) groups is 4. The third-order valence-corrected chi connectivity index (χ3v) is 10.9. The van der Waals surface area contributed by atoms with E-state index in [9.17, 15) is 19.2 Å². The van der Waals surface area contributed by atoms with Crippen LogP contribution in [0.15, 0.2) is 73.2 Å². The van der Waals surface area contributed by atoms with Gasteiger partial charge in [0.05, 0.1) is 29.4 Å². The highest BCUT2D eigenvalue weighted by Crippen LogP contribution is 2.33. The van der Waals surface area contributed by atoms with Crippen molar-refractivity contribution in [3.63, 3.8) is 0 Å². The molecular formula is C43H45N5O8. The lowest BCUT2D eigenvalue weighted by atomic mass is 9.92. The largest absolute Gasteiger partial charge is 0.494 e. The fourth-order valence-corrected chi connectivity index (χ4v) is 7.65. The number of aryl methyl sites for hydroxylation is 1. The first kappa shape index (κ1) is 37.3. The lowest BCUT2D eigenvalue weighted by Crippen LogP contribution is -2.54. The Kier molecular flexibility index (Phi) is 11.0. The lowest BCUT2D eigenvalue weighted by molar-refractivity contribution is -0.136. The Labute approximate surface area is 324 Å². The molecule has 13 nitrogen and oxygen atoms in total. The zero-order chi connectivity index (χ0) is 38.6. The monoisotopic (exact) mass is 759 g/mol. The number of nitrogens with one attached hydrogen (secondary N) is 1. The minimum Gasteiger partial charge on any atom is -0.494 e. The third-order valence-electron chi connectivity index (χ3n) is 10.9. The molecule has 2 aliphatic heterocycles. The predicted molar refractivity (Wildman–Crippen MR) is 207 cm³/mol. The number of unbranched alkanes of at least 4 members (excludes halogenated alkanes) is 3. The number of amides is 4. The molecule has 8 rings (SSSR count). The molecule has 290 valence electrons. The molecule has 0 radical (unpaired) electrons. The van der Waals surface area contributed by atoms with Gasteiger partial charge in [-0.05, 0) is 80.5 Å². The standard InChI is InChI=1S/C43H45N5O8/c1-47-36-15-16-44-26-35(36)32-10-7-27(21-38(32)47)28-8-14-40(45-25-28)56-31-22-30(23-31)55-20-6-5-18-53-17-3-2-4-19-54-29-9-11-33-34(24-29)43(52)48(42(33)51)37-12-13-39(49)46-41(37)50/h7-11,14-16,21,24-26,30-31,37H,2-6,12-13,17-20,22-23H2,1H3,(H,46,49,50)/t30-,31-,37?. The van der Waals surface area contributed by atoms with E-state index in [1.807, 2.05) is 30.7 Å². The summed E-state index contributed by atoms with van der Waals surface area (Å²) in [5, 5.41) is 4.55. The van der Waals surface area contributed by atoms with E-state index in [1.165, 1.54) is 5.39 Å². The Morgan fingerprint density at radius 2 is 1.54 bits per heavy atom. The maximum Gasteiger partial charge on any atom is 0.262 e. The van der Waals surface area contributed by atoms with Crippen LogP contribution < -0.4 is 14.8 Å². The zero-order valence-electron chi connectivity index (χ0n) is 31.4. The van der Waals surface area contributed by atoms with E-state index in [4.69, 9.17) is 18.9 Å². The van der Waals surface area contributed by atoms with Crippen molar-refractivity contribution in [2.75, 3.05) is 26.4 Å². The molecule has 4 amide bonds. The van der Waals surface area contributed by atoms with Crippen LogP contribution in [0.4, 0.5) is 0 Å². The Hall–Kier alpha value is -5.66. The summed E-state index contributed by atoms with van der Waals surface area (Å²) < 4.78 is 26.0. The van der Waals surface area contributed by atoms with Gasteiger partial charge in [0.1, 0.15) is 17.9 Å². The number of hydrogen-bond donors (Lipinski definition) is 1. The Morgan fingerprint density at radius 3 is 2.36 bits per heavy atom. The highest BCUT2D eigenvalue weighted by molar-refractivity contribution is 6.23. The second-order valence-corrected chi connectivity index (χ2v) is 14.7. The van der Waals surface area contributed by atoms with E-state index in [0.29, 0.717) is 38.1 Å². The van der Waals surface area contributed by atoms with Crippen LogP contribution in [0.5, 0.6) is 11.6 Å². The Bertz CT molecular complexity index is 2260. The number of aromatic nitrogens is 3. The fraction of sp³-hybridized carbons (Fsp3) is 0.395. The van der Waals surface area contributed by atoms with E-state index >= 15 is 0 Å². The Morgan fingerprint density at radius 1 is 0.750 bits per heavy atom. The molecule has 1 atom stereocenters. The predicted octanol–water partition coefficient (Wildman–Crippen LogP) is 6.16. The van der Waals surface area contributed by atoms with Crippen LogP contribution in [0.1, 0.15) is 78.5 Å². The van der Waals surface area contributed by atoms with Crippen molar-refractivity contribution < 1.29 is 38.1 Å². The number of nitrogens with zero attached hydrogens (tertiary/aromatic N) is 4. The molecule has 13 heteroatoms. The molecule has 1 unspecified atom stereocenters. The lowest BCUT2D eigenvalue weighted by Gasteiger charge is -2.34. The number of pyridine rings is 2. The number of hydrogen-bond acceptors (Lipinski definition) is 10. The van der Waals surface area contributed by atoms with Gasteiger partial charge < -0.3 is 23.5 Å². The molecule has 2 aromatic carbocycles. The van der Waals surface area contributed by atoms with Crippen LogP contribution in [-0.2, 0) is 26.1 Å². The fourth-order valence-electron chi connectivity index (χ4n) is 7.65. The average Bonchev–Trinajstić information content (AvgIpc) is 3.62. The van der Waals surface area contributed by atoms with Gasteiger partial charge in [0.15, 0.2) is 0 Å². The number of ether oxygens (including phenoxy) is 4. The second kappa shape index (κ2) is 16.6. The number of fused-ring (bicyclic) bond motifs is 4. The molecule has 56 heavy (non-hydrogen) atoms. The van der Waals surface area contributed by atoms with Crippen LogP contribution in [0.3, 0.4) is 0 Å². The van der Waals surface area contributed by atoms with E-state index in [-0.39, 0.29) is 36.2 Å².